The van der Waals surface area contributed by atoms with Gasteiger partial charge in [-0.25, -0.2) is 0 Å². The first kappa shape index (κ1) is 18.9. The molecule has 0 heterocycles. The van der Waals surface area contributed by atoms with Gasteiger partial charge in [0.25, 0.3) is 0 Å². The van der Waals surface area contributed by atoms with E-state index in [-0.39, 0.29) is 12.2 Å². The van der Waals surface area contributed by atoms with Crippen LogP contribution in [0.25, 0.3) is 0 Å². The number of para-hydroxylation sites is 1. The quantitative estimate of drug-likeness (QED) is 0.758. The van der Waals surface area contributed by atoms with Gasteiger partial charge in [0.15, 0.2) is 5.78 Å². The zero-order chi connectivity index (χ0) is 17.4. The molecule has 2 rings (SSSR count). The molecule has 23 heavy (non-hydrogen) atoms. The zero-order valence-corrected chi connectivity index (χ0v) is 15.0. The van der Waals surface area contributed by atoms with Gasteiger partial charge in [0.2, 0.25) is 0 Å². The molecule has 0 atom stereocenters. The van der Waals surface area contributed by atoms with Gasteiger partial charge in [0.05, 0.1) is 6.42 Å². The topological polar surface area (TPSA) is 66.4 Å². The molecule has 2 N–H and O–H groups in total. The lowest BCUT2D eigenvalue weighted by atomic mass is 9.97. The molecule has 0 aliphatic carbocycles. The molecule has 0 aliphatic rings. The summed E-state index contributed by atoms with van der Waals surface area (Å²) in [6.07, 6.45) is -0.127. The van der Waals surface area contributed by atoms with E-state index in [1.807, 2.05) is 13.8 Å². The Kier molecular flexibility index (Phi) is 7.48. The van der Waals surface area contributed by atoms with Gasteiger partial charge >= 0.3 is 5.97 Å². The number of carbonyl (C=O) groups is 2. The van der Waals surface area contributed by atoms with Gasteiger partial charge in [0, 0.05) is 28.3 Å². The van der Waals surface area contributed by atoms with Crippen LogP contribution in [-0.4, -0.2) is 23.9 Å². The Morgan fingerprint density at radius 3 is 2.22 bits per heavy atom. The summed E-state index contributed by atoms with van der Waals surface area (Å²) in [5.41, 5.74) is 2.18. The van der Waals surface area contributed by atoms with Crippen molar-refractivity contribution in [1.29, 1.82) is 0 Å². The number of aliphatic carboxylic acids is 1. The maximum absolute atomic E-state index is 12.6. The van der Waals surface area contributed by atoms with Crippen LogP contribution in [0.3, 0.4) is 0 Å². The zero-order valence-electron chi connectivity index (χ0n) is 13.4. The fraction of sp³-hybridized carbons (Fsp3) is 0.222. The summed E-state index contributed by atoms with van der Waals surface area (Å²) in [4.78, 5) is 23.5. The van der Waals surface area contributed by atoms with Gasteiger partial charge < -0.3 is 10.4 Å². The molecule has 0 bridgehead atoms. The van der Waals surface area contributed by atoms with Gasteiger partial charge in [-0.05, 0) is 35.9 Å². The summed E-state index contributed by atoms with van der Waals surface area (Å²) < 4.78 is 0.896. The van der Waals surface area contributed by atoms with E-state index in [1.54, 1.807) is 49.5 Å². The Hall–Kier alpha value is -2.14. The summed E-state index contributed by atoms with van der Waals surface area (Å²) in [7, 11) is 1.68. The van der Waals surface area contributed by atoms with Crippen LogP contribution in [-0.2, 0) is 11.2 Å². The van der Waals surface area contributed by atoms with E-state index in [1.165, 1.54) is 0 Å². The van der Waals surface area contributed by atoms with Crippen molar-refractivity contribution in [2.75, 3.05) is 12.4 Å². The average molecular weight is 378 g/mol. The van der Waals surface area contributed by atoms with E-state index in [0.29, 0.717) is 22.4 Å². The standard InChI is InChI=1S/C16H14BrNO3.C2H6/c1-18-15-11(9-14(19)20)3-2-4-13(15)16(21)10-5-7-12(17)8-6-10;1-2/h2-8,18H,9H2,1H3,(H,19,20);1-2H3. The van der Waals surface area contributed by atoms with E-state index in [9.17, 15) is 9.59 Å². The SMILES string of the molecule is CC.CNc1c(CC(=O)O)cccc1C(=O)c1ccc(Br)cc1. The molecule has 0 unspecified atom stereocenters. The molecule has 0 aliphatic heterocycles. The molecule has 0 spiro atoms. The molecule has 0 amide bonds. The highest BCUT2D eigenvalue weighted by molar-refractivity contribution is 9.10. The Balaban J connectivity index is 0.00000127. The molecule has 0 fully saturated rings. The van der Waals surface area contributed by atoms with Gasteiger partial charge in [0.1, 0.15) is 0 Å². The molecule has 2 aromatic rings. The summed E-state index contributed by atoms with van der Waals surface area (Å²) in [5, 5.41) is 11.9. The molecule has 0 aromatic heterocycles. The van der Waals surface area contributed by atoms with Crippen LogP contribution in [0.2, 0.25) is 0 Å². The molecule has 4 nitrogen and oxygen atoms in total. The highest BCUT2D eigenvalue weighted by atomic mass is 79.9. The molecule has 5 heteroatoms. The third-order valence-electron chi connectivity index (χ3n) is 3.09. The van der Waals surface area contributed by atoms with Crippen molar-refractivity contribution in [3.05, 3.63) is 63.6 Å². The van der Waals surface area contributed by atoms with E-state index in [2.05, 4.69) is 21.2 Å². The number of rotatable bonds is 5. The molecule has 0 saturated heterocycles. The summed E-state index contributed by atoms with van der Waals surface area (Å²) in [6.45, 7) is 4.00. The van der Waals surface area contributed by atoms with E-state index >= 15 is 0 Å². The third-order valence-corrected chi connectivity index (χ3v) is 3.62. The van der Waals surface area contributed by atoms with Crippen molar-refractivity contribution in [3.63, 3.8) is 0 Å². The fourth-order valence-corrected chi connectivity index (χ4v) is 2.42. The first-order valence-electron chi connectivity index (χ1n) is 7.34. The van der Waals surface area contributed by atoms with Crippen LogP contribution >= 0.6 is 15.9 Å². The van der Waals surface area contributed by atoms with Gasteiger partial charge in [-0.3, -0.25) is 9.59 Å². The molecule has 0 saturated carbocycles. The van der Waals surface area contributed by atoms with E-state index in [4.69, 9.17) is 5.11 Å². The van der Waals surface area contributed by atoms with Crippen LogP contribution < -0.4 is 5.32 Å². The second-order valence-corrected chi connectivity index (χ2v) is 5.41. The number of benzene rings is 2. The second kappa shape index (κ2) is 9.10. The number of carboxylic acids is 1. The monoisotopic (exact) mass is 377 g/mol. The minimum atomic E-state index is -0.931. The number of ketones is 1. The minimum Gasteiger partial charge on any atom is -0.481 e. The maximum atomic E-state index is 12.6. The minimum absolute atomic E-state index is 0.127. The predicted octanol–water partition coefficient (Wildman–Crippen LogP) is 4.38. The Morgan fingerprint density at radius 2 is 1.70 bits per heavy atom. The average Bonchev–Trinajstić information content (AvgIpc) is 2.56. The van der Waals surface area contributed by atoms with Gasteiger partial charge in [-0.2, -0.15) is 0 Å². The van der Waals surface area contributed by atoms with Crippen LogP contribution in [0.5, 0.6) is 0 Å². The normalized spacial score (nSPS) is 9.57. The Bertz CT molecular complexity index is 681. The fourth-order valence-electron chi connectivity index (χ4n) is 2.15. The van der Waals surface area contributed by atoms with Gasteiger partial charge in [-0.15, -0.1) is 0 Å². The number of hydrogen-bond acceptors (Lipinski definition) is 3. The number of nitrogens with one attached hydrogen (secondary N) is 1. The highest BCUT2D eigenvalue weighted by Gasteiger charge is 2.16. The second-order valence-electron chi connectivity index (χ2n) is 4.50. The van der Waals surface area contributed by atoms with Crippen LogP contribution in [0.4, 0.5) is 5.69 Å². The maximum Gasteiger partial charge on any atom is 0.307 e. The van der Waals surface area contributed by atoms with Crippen LogP contribution in [0.15, 0.2) is 46.9 Å². The molecule has 122 valence electrons. The van der Waals surface area contributed by atoms with Crippen LogP contribution in [0.1, 0.15) is 35.3 Å². The third kappa shape index (κ3) is 4.93. The molecule has 2 aromatic carbocycles. The van der Waals surface area contributed by atoms with Gasteiger partial charge in [-0.1, -0.05) is 41.9 Å². The van der Waals surface area contributed by atoms with Crippen molar-refractivity contribution in [2.24, 2.45) is 0 Å². The first-order chi connectivity index (χ1) is 11.0. The lowest BCUT2D eigenvalue weighted by Gasteiger charge is -2.12. The highest BCUT2D eigenvalue weighted by Crippen LogP contribution is 2.24. The predicted molar refractivity (Wildman–Crippen MR) is 96.3 cm³/mol. The molecular weight excluding hydrogens is 358 g/mol. The molecular formula is C18H20BrNO3. The number of hydrogen-bond donors (Lipinski definition) is 2. The summed E-state index contributed by atoms with van der Waals surface area (Å²) >= 11 is 3.33. The van der Waals surface area contributed by atoms with E-state index in [0.717, 1.165) is 4.47 Å². The van der Waals surface area contributed by atoms with Crippen molar-refractivity contribution >= 4 is 33.4 Å². The van der Waals surface area contributed by atoms with Crippen molar-refractivity contribution in [2.45, 2.75) is 20.3 Å². The van der Waals surface area contributed by atoms with E-state index < -0.39 is 5.97 Å². The van der Waals surface area contributed by atoms with Crippen molar-refractivity contribution < 1.29 is 14.7 Å². The largest absolute Gasteiger partial charge is 0.481 e. The van der Waals surface area contributed by atoms with Crippen molar-refractivity contribution in [3.8, 4) is 0 Å². The summed E-state index contributed by atoms with van der Waals surface area (Å²) in [5.74, 6) is -1.07. The van der Waals surface area contributed by atoms with Crippen molar-refractivity contribution in [1.82, 2.24) is 0 Å². The number of halogens is 1. The number of carboxylic acid groups (broad SMARTS) is 1. The first-order valence-corrected chi connectivity index (χ1v) is 8.14. The smallest absolute Gasteiger partial charge is 0.307 e. The number of anilines is 1. The lowest BCUT2D eigenvalue weighted by Crippen LogP contribution is -2.10. The lowest BCUT2D eigenvalue weighted by molar-refractivity contribution is -0.136. The Morgan fingerprint density at radius 1 is 1.09 bits per heavy atom. The number of carbonyl (C=O) groups excluding carboxylic acids is 1. The van der Waals surface area contributed by atoms with Crippen LogP contribution in [0, 0.1) is 0 Å². The summed E-state index contributed by atoms with van der Waals surface area (Å²) in [6, 6.07) is 12.2. The molecule has 0 radical (unpaired) electrons. The Labute approximate surface area is 144 Å².